The molecular weight excluding hydrogens is 370 g/mol. The van der Waals surface area contributed by atoms with Gasteiger partial charge in [0, 0.05) is 18.9 Å². The summed E-state index contributed by atoms with van der Waals surface area (Å²) in [6.45, 7) is 0.457. The fourth-order valence-corrected chi connectivity index (χ4v) is 2.40. The van der Waals surface area contributed by atoms with Crippen molar-refractivity contribution >= 4 is 23.0 Å². The molecule has 0 aliphatic heterocycles. The summed E-state index contributed by atoms with van der Waals surface area (Å²) in [5.74, 6) is 0.0683. The summed E-state index contributed by atoms with van der Waals surface area (Å²) in [6.07, 6.45) is 0. The topological polar surface area (TPSA) is 135 Å². The molecule has 2 rings (SSSR count). The number of nitrogens with two attached hydrogens (primary N) is 1. The number of anilines is 2. The van der Waals surface area contributed by atoms with Crippen LogP contribution in [0.4, 0.5) is 17.1 Å². The van der Waals surface area contributed by atoms with Crippen LogP contribution in [0.1, 0.15) is 10.4 Å². The van der Waals surface area contributed by atoms with Gasteiger partial charge in [-0.15, -0.1) is 0 Å². The van der Waals surface area contributed by atoms with Crippen LogP contribution in [0, 0.1) is 10.1 Å². The molecule has 10 nitrogen and oxygen atoms in total. The normalized spacial score (nSPS) is 10.2. The van der Waals surface area contributed by atoms with Crippen LogP contribution in [0.3, 0.4) is 0 Å². The molecule has 0 aliphatic rings. The minimum Gasteiger partial charge on any atom is -0.495 e. The number of carbonyl (C=O) groups excluding carboxylic acids is 1. The molecule has 0 heterocycles. The zero-order valence-electron chi connectivity index (χ0n) is 15.7. The highest BCUT2D eigenvalue weighted by molar-refractivity contribution is 6.07. The van der Waals surface area contributed by atoms with Crippen LogP contribution in [0.5, 0.6) is 17.2 Å². The highest BCUT2D eigenvalue weighted by atomic mass is 16.6. The quantitative estimate of drug-likeness (QED) is 0.288. The molecule has 0 unspecified atom stereocenters. The standard InChI is InChI=1S/C18H21N3O7/c1-25-6-7-28-17-10-14(21(23)24)12(9-16(17)27-3)18(22)20-11-4-5-15(26-2)13(19)8-11/h4-5,8-10H,6-7,19H2,1-3H3,(H,20,22). The molecule has 3 N–H and O–H groups in total. The van der Waals surface area contributed by atoms with E-state index in [1.807, 2.05) is 0 Å². The highest BCUT2D eigenvalue weighted by Crippen LogP contribution is 2.35. The average molecular weight is 391 g/mol. The first-order chi connectivity index (χ1) is 13.4. The minimum absolute atomic E-state index is 0.136. The number of methoxy groups -OCH3 is 3. The number of hydrogen-bond acceptors (Lipinski definition) is 8. The van der Waals surface area contributed by atoms with Gasteiger partial charge in [0.2, 0.25) is 0 Å². The lowest BCUT2D eigenvalue weighted by Crippen LogP contribution is -2.15. The summed E-state index contributed by atoms with van der Waals surface area (Å²) in [5, 5.41) is 14.0. The Balaban J connectivity index is 2.35. The number of nitrogens with zero attached hydrogens (tertiary/aromatic N) is 1. The number of benzene rings is 2. The van der Waals surface area contributed by atoms with Crippen molar-refractivity contribution in [3.05, 3.63) is 46.0 Å². The fraction of sp³-hybridized carbons (Fsp3) is 0.278. The Labute approximate surface area is 161 Å². The molecule has 0 bridgehead atoms. The maximum atomic E-state index is 12.6. The summed E-state index contributed by atoms with van der Waals surface area (Å²) in [4.78, 5) is 23.4. The lowest BCUT2D eigenvalue weighted by atomic mass is 10.1. The van der Waals surface area contributed by atoms with Gasteiger partial charge in [0.15, 0.2) is 11.5 Å². The van der Waals surface area contributed by atoms with Gasteiger partial charge in [0.05, 0.1) is 37.5 Å². The summed E-state index contributed by atoms with van der Waals surface area (Å²) in [6, 6.07) is 7.03. The Kier molecular flexibility index (Phi) is 6.99. The highest BCUT2D eigenvalue weighted by Gasteiger charge is 2.25. The van der Waals surface area contributed by atoms with E-state index in [0.29, 0.717) is 17.1 Å². The summed E-state index contributed by atoms with van der Waals surface area (Å²) in [7, 11) is 4.34. The van der Waals surface area contributed by atoms with Crippen molar-refractivity contribution in [3.63, 3.8) is 0 Å². The van der Waals surface area contributed by atoms with Gasteiger partial charge >= 0.3 is 0 Å². The number of hydrogen-bond donors (Lipinski definition) is 2. The van der Waals surface area contributed by atoms with Gasteiger partial charge < -0.3 is 30.0 Å². The zero-order valence-corrected chi connectivity index (χ0v) is 15.7. The molecule has 0 aliphatic carbocycles. The van der Waals surface area contributed by atoms with E-state index in [-0.39, 0.29) is 30.3 Å². The lowest BCUT2D eigenvalue weighted by molar-refractivity contribution is -0.385. The monoisotopic (exact) mass is 391 g/mol. The number of carbonyl (C=O) groups is 1. The van der Waals surface area contributed by atoms with E-state index in [1.54, 1.807) is 12.1 Å². The van der Waals surface area contributed by atoms with Crippen LogP contribution in [-0.2, 0) is 4.74 Å². The molecule has 0 fully saturated rings. The third-order valence-corrected chi connectivity index (χ3v) is 3.76. The fourth-order valence-electron chi connectivity index (χ4n) is 2.40. The van der Waals surface area contributed by atoms with Crippen molar-refractivity contribution in [1.82, 2.24) is 0 Å². The number of nitro groups is 1. The molecule has 150 valence electrons. The Bertz CT molecular complexity index is 870. The second kappa shape index (κ2) is 9.42. The van der Waals surface area contributed by atoms with Gasteiger partial charge in [-0.25, -0.2) is 0 Å². The molecule has 1 amide bonds. The molecule has 10 heteroatoms. The predicted molar refractivity (Wildman–Crippen MR) is 102 cm³/mol. The molecule has 0 aromatic heterocycles. The van der Waals surface area contributed by atoms with Gasteiger partial charge in [-0.2, -0.15) is 0 Å². The largest absolute Gasteiger partial charge is 0.495 e. The molecule has 0 radical (unpaired) electrons. The molecule has 0 saturated heterocycles. The smallest absolute Gasteiger partial charge is 0.286 e. The van der Waals surface area contributed by atoms with Gasteiger partial charge in [-0.05, 0) is 18.2 Å². The molecule has 28 heavy (non-hydrogen) atoms. The molecule has 0 saturated carbocycles. The molecule has 0 spiro atoms. The van der Waals surface area contributed by atoms with Crippen LogP contribution >= 0.6 is 0 Å². The number of nitrogen functional groups attached to an aromatic ring is 1. The van der Waals surface area contributed by atoms with Crippen molar-refractivity contribution < 1.29 is 28.7 Å². The molecular formula is C18H21N3O7. The maximum absolute atomic E-state index is 12.6. The number of nitro benzene ring substituents is 1. The van der Waals surface area contributed by atoms with E-state index in [1.165, 1.54) is 33.5 Å². The summed E-state index contributed by atoms with van der Waals surface area (Å²) < 4.78 is 20.6. The maximum Gasteiger partial charge on any atom is 0.286 e. The van der Waals surface area contributed by atoms with E-state index < -0.39 is 16.5 Å². The van der Waals surface area contributed by atoms with Crippen LogP contribution < -0.4 is 25.3 Å². The Hall–Kier alpha value is -3.53. The minimum atomic E-state index is -0.696. The van der Waals surface area contributed by atoms with Gasteiger partial charge in [0.25, 0.3) is 11.6 Å². The van der Waals surface area contributed by atoms with E-state index >= 15 is 0 Å². The first kappa shape index (κ1) is 20.8. The first-order valence-electron chi connectivity index (χ1n) is 8.14. The Morgan fingerprint density at radius 1 is 1.07 bits per heavy atom. The van der Waals surface area contributed by atoms with Crippen molar-refractivity contribution in [2.45, 2.75) is 0 Å². The van der Waals surface area contributed by atoms with E-state index in [0.717, 1.165) is 6.07 Å². The summed E-state index contributed by atoms with van der Waals surface area (Å²) in [5.41, 5.74) is 5.88. The second-order valence-electron chi connectivity index (χ2n) is 5.53. The number of amides is 1. The van der Waals surface area contributed by atoms with Crippen molar-refractivity contribution in [2.24, 2.45) is 0 Å². The van der Waals surface area contributed by atoms with Crippen LogP contribution in [0.2, 0.25) is 0 Å². The first-order valence-corrected chi connectivity index (χ1v) is 8.14. The Morgan fingerprint density at radius 2 is 1.79 bits per heavy atom. The van der Waals surface area contributed by atoms with Crippen LogP contribution in [0.15, 0.2) is 30.3 Å². The third kappa shape index (κ3) is 4.80. The SMILES string of the molecule is COCCOc1cc([N+](=O)[O-])c(C(=O)Nc2ccc(OC)c(N)c2)cc1OC. The molecule has 2 aromatic rings. The predicted octanol–water partition coefficient (Wildman–Crippen LogP) is 2.47. The molecule has 0 atom stereocenters. The lowest BCUT2D eigenvalue weighted by Gasteiger charge is -2.13. The second-order valence-corrected chi connectivity index (χ2v) is 5.53. The van der Waals surface area contributed by atoms with Gasteiger partial charge in [0.1, 0.15) is 17.9 Å². The van der Waals surface area contributed by atoms with Gasteiger partial charge in [-0.1, -0.05) is 0 Å². The van der Waals surface area contributed by atoms with Crippen molar-refractivity contribution in [3.8, 4) is 17.2 Å². The zero-order chi connectivity index (χ0) is 20.7. The van der Waals surface area contributed by atoms with E-state index in [2.05, 4.69) is 5.32 Å². The molecule has 2 aromatic carbocycles. The Morgan fingerprint density at radius 3 is 2.36 bits per heavy atom. The van der Waals surface area contributed by atoms with Crippen LogP contribution in [0.25, 0.3) is 0 Å². The number of nitrogens with one attached hydrogen (secondary N) is 1. The number of rotatable bonds is 9. The number of ether oxygens (including phenoxy) is 4. The summed E-state index contributed by atoms with van der Waals surface area (Å²) >= 11 is 0. The van der Waals surface area contributed by atoms with Crippen molar-refractivity contribution in [1.29, 1.82) is 0 Å². The van der Waals surface area contributed by atoms with Crippen molar-refractivity contribution in [2.75, 3.05) is 45.6 Å². The van der Waals surface area contributed by atoms with E-state index in [9.17, 15) is 14.9 Å². The third-order valence-electron chi connectivity index (χ3n) is 3.76. The van der Waals surface area contributed by atoms with Crippen LogP contribution in [-0.4, -0.2) is 45.4 Å². The van der Waals surface area contributed by atoms with Gasteiger partial charge in [-0.3, -0.25) is 14.9 Å². The van der Waals surface area contributed by atoms with E-state index in [4.69, 9.17) is 24.7 Å². The average Bonchev–Trinajstić information content (AvgIpc) is 2.67.